The van der Waals surface area contributed by atoms with E-state index in [9.17, 15) is 13.2 Å². The molecule has 0 fully saturated rings. The second kappa shape index (κ2) is 10.1. The fourth-order valence-corrected chi connectivity index (χ4v) is 4.97. The van der Waals surface area contributed by atoms with Gasteiger partial charge in [0, 0.05) is 24.0 Å². The Bertz CT molecular complexity index is 1150. The lowest BCUT2D eigenvalue weighted by Crippen LogP contribution is -2.35. The molecule has 3 aromatic rings. The fourth-order valence-electron chi connectivity index (χ4n) is 2.86. The minimum Gasteiger partial charge on any atom is -0.482 e. The molecule has 0 bridgehead atoms. The number of sulfone groups is 1. The fraction of sp³-hybridized carbons (Fsp3) is 0.182. The minimum atomic E-state index is -3.78. The maximum Gasteiger partial charge on any atom is 0.257 e. The normalized spacial score (nSPS) is 12.2. The average molecular weight is 479 g/mol. The Morgan fingerprint density at radius 3 is 2.52 bits per heavy atom. The molecule has 0 saturated heterocycles. The van der Waals surface area contributed by atoms with Crippen LogP contribution in [0.4, 0.5) is 0 Å². The lowest BCUT2D eigenvalue weighted by molar-refractivity contribution is -0.123. The van der Waals surface area contributed by atoms with E-state index in [2.05, 4.69) is 10.3 Å². The van der Waals surface area contributed by atoms with Crippen molar-refractivity contribution in [2.75, 3.05) is 13.2 Å². The van der Waals surface area contributed by atoms with Gasteiger partial charge in [-0.3, -0.25) is 9.78 Å². The lowest BCUT2D eigenvalue weighted by atomic mass is 10.2. The zero-order valence-electron chi connectivity index (χ0n) is 16.6. The van der Waals surface area contributed by atoms with Crippen molar-refractivity contribution in [3.05, 3.63) is 88.2 Å². The summed E-state index contributed by atoms with van der Waals surface area (Å²) in [5.74, 6) is -0.184. The second-order valence-corrected chi connectivity index (χ2v) is 9.77. The van der Waals surface area contributed by atoms with Crippen LogP contribution in [0.25, 0.3) is 0 Å². The highest BCUT2D eigenvalue weighted by atomic mass is 35.5. The molecule has 1 aromatic heterocycles. The Labute approximate surface area is 191 Å². The van der Waals surface area contributed by atoms with Gasteiger partial charge in [0.1, 0.15) is 11.0 Å². The molecule has 1 N–H and O–H groups in total. The first-order valence-electron chi connectivity index (χ1n) is 9.32. The van der Waals surface area contributed by atoms with E-state index in [1.54, 1.807) is 54.7 Å². The molecule has 0 aliphatic carbocycles. The lowest BCUT2D eigenvalue weighted by Gasteiger charge is -2.19. The predicted molar refractivity (Wildman–Crippen MR) is 120 cm³/mol. The standard InChI is InChI=1S/C22H20Cl2N2O4S/c1-15-4-7-18(8-5-15)31(28,29)21(16-3-2-10-25-12-16)13-26-22(27)14-30-20-9-6-17(23)11-19(20)24/h2-12,21H,13-14H2,1H3,(H,26,27). The van der Waals surface area contributed by atoms with Crippen LogP contribution in [-0.2, 0) is 14.6 Å². The summed E-state index contributed by atoms with van der Waals surface area (Å²) >= 11 is 11.9. The van der Waals surface area contributed by atoms with E-state index in [0.29, 0.717) is 16.3 Å². The molecular formula is C22H20Cl2N2O4S. The van der Waals surface area contributed by atoms with Crippen molar-refractivity contribution in [1.82, 2.24) is 10.3 Å². The average Bonchev–Trinajstić information content (AvgIpc) is 2.74. The summed E-state index contributed by atoms with van der Waals surface area (Å²) in [6.45, 7) is 1.41. The van der Waals surface area contributed by atoms with Gasteiger partial charge in [-0.25, -0.2) is 8.42 Å². The maximum atomic E-state index is 13.3. The molecule has 31 heavy (non-hydrogen) atoms. The third kappa shape index (κ3) is 5.97. The van der Waals surface area contributed by atoms with E-state index in [1.807, 2.05) is 6.92 Å². The van der Waals surface area contributed by atoms with Crippen molar-refractivity contribution < 1.29 is 17.9 Å². The van der Waals surface area contributed by atoms with Crippen LogP contribution in [0.2, 0.25) is 10.0 Å². The molecule has 1 unspecified atom stereocenters. The molecule has 0 aliphatic heterocycles. The number of nitrogens with one attached hydrogen (secondary N) is 1. The van der Waals surface area contributed by atoms with Crippen LogP contribution < -0.4 is 10.1 Å². The minimum absolute atomic E-state index is 0.140. The number of hydrogen-bond acceptors (Lipinski definition) is 5. The first kappa shape index (κ1) is 23.1. The number of carbonyl (C=O) groups excluding carboxylic acids is 1. The number of nitrogens with zero attached hydrogens (tertiary/aromatic N) is 1. The van der Waals surface area contributed by atoms with Crippen LogP contribution in [0.1, 0.15) is 16.4 Å². The van der Waals surface area contributed by atoms with Crippen molar-refractivity contribution in [1.29, 1.82) is 0 Å². The summed E-state index contributed by atoms with van der Waals surface area (Å²) in [7, 11) is -3.78. The van der Waals surface area contributed by atoms with Crippen LogP contribution in [-0.4, -0.2) is 32.5 Å². The predicted octanol–water partition coefficient (Wildman–Crippen LogP) is 4.41. The van der Waals surface area contributed by atoms with Crippen LogP contribution in [0.5, 0.6) is 5.75 Å². The molecule has 0 radical (unpaired) electrons. The Kier molecular flexibility index (Phi) is 7.54. The first-order valence-corrected chi connectivity index (χ1v) is 11.6. The third-order valence-corrected chi connectivity index (χ3v) is 7.17. The van der Waals surface area contributed by atoms with Gasteiger partial charge in [0.25, 0.3) is 5.91 Å². The molecule has 0 spiro atoms. The Morgan fingerprint density at radius 1 is 1.13 bits per heavy atom. The van der Waals surface area contributed by atoms with Crippen molar-refractivity contribution in [3.63, 3.8) is 0 Å². The number of benzene rings is 2. The Balaban J connectivity index is 1.73. The van der Waals surface area contributed by atoms with Gasteiger partial charge in [0.2, 0.25) is 0 Å². The molecule has 1 amide bonds. The highest BCUT2D eigenvalue weighted by Crippen LogP contribution is 2.29. The smallest absolute Gasteiger partial charge is 0.257 e. The zero-order chi connectivity index (χ0) is 22.4. The molecular weight excluding hydrogens is 459 g/mol. The summed E-state index contributed by atoms with van der Waals surface area (Å²) in [5, 5.41) is 2.34. The largest absolute Gasteiger partial charge is 0.482 e. The summed E-state index contributed by atoms with van der Waals surface area (Å²) in [6.07, 6.45) is 3.04. The van der Waals surface area contributed by atoms with E-state index < -0.39 is 21.0 Å². The number of aryl methyl sites for hydroxylation is 1. The number of hydrogen-bond donors (Lipinski definition) is 1. The van der Waals surface area contributed by atoms with Gasteiger partial charge in [-0.05, 0) is 48.9 Å². The van der Waals surface area contributed by atoms with Crippen molar-refractivity contribution in [3.8, 4) is 5.75 Å². The van der Waals surface area contributed by atoms with Gasteiger partial charge in [0.15, 0.2) is 16.4 Å². The number of amides is 1. The first-order chi connectivity index (χ1) is 14.8. The molecule has 3 rings (SSSR count). The van der Waals surface area contributed by atoms with Gasteiger partial charge in [-0.15, -0.1) is 0 Å². The zero-order valence-corrected chi connectivity index (χ0v) is 18.9. The summed E-state index contributed by atoms with van der Waals surface area (Å²) in [4.78, 5) is 16.5. The highest BCUT2D eigenvalue weighted by Gasteiger charge is 2.30. The van der Waals surface area contributed by atoms with Crippen LogP contribution in [0.15, 0.2) is 71.9 Å². The highest BCUT2D eigenvalue weighted by molar-refractivity contribution is 7.91. The van der Waals surface area contributed by atoms with E-state index in [-0.39, 0.29) is 23.1 Å². The van der Waals surface area contributed by atoms with Gasteiger partial charge in [0.05, 0.1) is 9.92 Å². The van der Waals surface area contributed by atoms with Gasteiger partial charge >= 0.3 is 0 Å². The van der Waals surface area contributed by atoms with Gasteiger partial charge < -0.3 is 10.1 Å². The molecule has 162 valence electrons. The Hall–Kier alpha value is -2.61. The summed E-state index contributed by atoms with van der Waals surface area (Å²) < 4.78 is 32.0. The monoisotopic (exact) mass is 478 g/mol. The molecule has 0 saturated carbocycles. The maximum absolute atomic E-state index is 13.3. The molecule has 2 aromatic carbocycles. The number of halogens is 2. The molecule has 1 heterocycles. The van der Waals surface area contributed by atoms with E-state index >= 15 is 0 Å². The number of pyridine rings is 1. The number of ether oxygens (including phenoxy) is 1. The number of carbonyl (C=O) groups is 1. The molecule has 1 atom stereocenters. The van der Waals surface area contributed by atoms with Gasteiger partial charge in [-0.2, -0.15) is 0 Å². The Morgan fingerprint density at radius 2 is 1.87 bits per heavy atom. The summed E-state index contributed by atoms with van der Waals surface area (Å²) in [5.41, 5.74) is 1.42. The van der Waals surface area contributed by atoms with Crippen molar-refractivity contribution >= 4 is 38.9 Å². The van der Waals surface area contributed by atoms with E-state index in [0.717, 1.165) is 5.56 Å². The van der Waals surface area contributed by atoms with E-state index in [4.69, 9.17) is 27.9 Å². The van der Waals surface area contributed by atoms with Crippen molar-refractivity contribution in [2.45, 2.75) is 17.1 Å². The SMILES string of the molecule is Cc1ccc(S(=O)(=O)C(CNC(=O)COc2ccc(Cl)cc2Cl)c2cccnc2)cc1. The number of aromatic nitrogens is 1. The summed E-state index contributed by atoms with van der Waals surface area (Å²) in [6, 6.07) is 14.5. The second-order valence-electron chi connectivity index (χ2n) is 6.80. The van der Waals surface area contributed by atoms with Crippen LogP contribution >= 0.6 is 23.2 Å². The molecule has 6 nitrogen and oxygen atoms in total. The quantitative estimate of drug-likeness (QED) is 0.518. The van der Waals surface area contributed by atoms with E-state index in [1.165, 1.54) is 12.3 Å². The molecule has 9 heteroatoms. The van der Waals surface area contributed by atoms with Crippen molar-refractivity contribution in [2.24, 2.45) is 0 Å². The third-order valence-electron chi connectivity index (χ3n) is 4.52. The molecule has 0 aliphatic rings. The van der Waals surface area contributed by atoms with Crippen LogP contribution in [0.3, 0.4) is 0 Å². The van der Waals surface area contributed by atoms with Crippen LogP contribution in [0, 0.1) is 6.92 Å². The van der Waals surface area contributed by atoms with Gasteiger partial charge in [-0.1, -0.05) is 47.0 Å². The number of rotatable bonds is 8. The topological polar surface area (TPSA) is 85.4 Å².